The number of allylic oxidation sites excluding steroid dienone is 4. The fourth-order valence-electron chi connectivity index (χ4n) is 0.945. The summed E-state index contributed by atoms with van der Waals surface area (Å²) in [5.41, 5.74) is 0.944. The Morgan fingerprint density at radius 1 is 1.46 bits per heavy atom. The molecule has 0 aliphatic heterocycles. The van der Waals surface area contributed by atoms with Crippen LogP contribution in [-0.4, -0.2) is 0 Å². The van der Waals surface area contributed by atoms with Gasteiger partial charge < -0.3 is 0 Å². The maximum absolute atomic E-state index is 8.99. The van der Waals surface area contributed by atoms with E-state index in [1.165, 1.54) is 5.57 Å². The molecule has 0 saturated heterocycles. The van der Waals surface area contributed by atoms with Crippen LogP contribution in [0.5, 0.6) is 0 Å². The van der Waals surface area contributed by atoms with Gasteiger partial charge in [0, 0.05) is 0 Å². The summed E-state index contributed by atoms with van der Waals surface area (Å²) in [7, 11) is 0. The van der Waals surface area contributed by atoms with Gasteiger partial charge in [0.1, 0.15) is 0 Å². The molecule has 0 aromatic heterocycles. The van der Waals surface area contributed by atoms with Gasteiger partial charge in [0.25, 0.3) is 0 Å². The van der Waals surface area contributed by atoms with Crippen LogP contribution in [0.2, 0.25) is 0 Å². The molecule has 0 fully saturated rings. The van der Waals surface area contributed by atoms with Crippen molar-refractivity contribution in [2.75, 3.05) is 0 Å². The minimum atomic E-state index is -0.326. The molecule has 1 nitrogen and oxygen atoms in total. The first-order valence-electron chi connectivity index (χ1n) is 4.76. The third-order valence-electron chi connectivity index (χ3n) is 1.91. The molecule has 1 atom stereocenters. The minimum Gasteiger partial charge on any atom is -0.197 e. The van der Waals surface area contributed by atoms with Gasteiger partial charge in [0.2, 0.25) is 0 Å². The van der Waals surface area contributed by atoms with E-state index in [2.05, 4.69) is 39.0 Å². The molecule has 0 aliphatic carbocycles. The SMILES string of the molecule is CC/C=C/C(C)(C#N)CC=C(C)C. The molecule has 0 radical (unpaired) electrons. The number of nitrogens with zero attached hydrogens (tertiary/aromatic N) is 1. The van der Waals surface area contributed by atoms with Crippen molar-refractivity contribution < 1.29 is 0 Å². The smallest absolute Gasteiger partial charge is 0.0759 e. The van der Waals surface area contributed by atoms with Crippen LogP contribution in [0.1, 0.15) is 40.5 Å². The highest BCUT2D eigenvalue weighted by Gasteiger charge is 2.17. The Labute approximate surface area is 81.8 Å². The van der Waals surface area contributed by atoms with E-state index in [0.29, 0.717) is 0 Å². The molecular formula is C12H19N. The van der Waals surface area contributed by atoms with Crippen LogP contribution < -0.4 is 0 Å². The maximum atomic E-state index is 8.99. The summed E-state index contributed by atoms with van der Waals surface area (Å²) in [5, 5.41) is 8.99. The third-order valence-corrected chi connectivity index (χ3v) is 1.91. The Bertz CT molecular complexity index is 238. The Kier molecular flexibility index (Phi) is 5.14. The molecule has 0 N–H and O–H groups in total. The lowest BCUT2D eigenvalue weighted by atomic mass is 9.87. The average molecular weight is 177 g/mol. The first-order chi connectivity index (χ1) is 6.04. The maximum Gasteiger partial charge on any atom is 0.0759 e. The lowest BCUT2D eigenvalue weighted by Gasteiger charge is -2.14. The molecule has 0 bridgehead atoms. The van der Waals surface area contributed by atoms with Gasteiger partial charge in [0.05, 0.1) is 11.5 Å². The molecule has 72 valence electrons. The molecular weight excluding hydrogens is 158 g/mol. The fourth-order valence-corrected chi connectivity index (χ4v) is 0.945. The second-order valence-electron chi connectivity index (χ2n) is 3.83. The lowest BCUT2D eigenvalue weighted by molar-refractivity contribution is 0.575. The molecule has 0 heterocycles. The topological polar surface area (TPSA) is 23.8 Å². The van der Waals surface area contributed by atoms with E-state index in [-0.39, 0.29) is 5.41 Å². The van der Waals surface area contributed by atoms with Crippen LogP contribution in [0.3, 0.4) is 0 Å². The molecule has 1 unspecified atom stereocenters. The Morgan fingerprint density at radius 3 is 2.46 bits per heavy atom. The number of rotatable bonds is 4. The average Bonchev–Trinajstić information content (AvgIpc) is 2.11. The van der Waals surface area contributed by atoms with E-state index in [1.54, 1.807) is 0 Å². The van der Waals surface area contributed by atoms with Crippen LogP contribution in [0.25, 0.3) is 0 Å². The van der Waals surface area contributed by atoms with E-state index >= 15 is 0 Å². The molecule has 0 aromatic rings. The van der Waals surface area contributed by atoms with Gasteiger partial charge in [-0.15, -0.1) is 0 Å². The Morgan fingerprint density at radius 2 is 2.08 bits per heavy atom. The molecule has 0 spiro atoms. The van der Waals surface area contributed by atoms with Gasteiger partial charge in [-0.3, -0.25) is 0 Å². The Balaban J connectivity index is 4.39. The second-order valence-corrected chi connectivity index (χ2v) is 3.83. The van der Waals surface area contributed by atoms with Gasteiger partial charge in [-0.05, 0) is 33.6 Å². The van der Waals surface area contributed by atoms with Gasteiger partial charge in [-0.25, -0.2) is 0 Å². The number of nitriles is 1. The summed E-state index contributed by atoms with van der Waals surface area (Å²) in [6, 6.07) is 2.34. The quantitative estimate of drug-likeness (QED) is 0.598. The van der Waals surface area contributed by atoms with Crippen molar-refractivity contribution in [3.63, 3.8) is 0 Å². The predicted molar refractivity (Wildman–Crippen MR) is 57.2 cm³/mol. The van der Waals surface area contributed by atoms with E-state index in [9.17, 15) is 0 Å². The Hall–Kier alpha value is -1.03. The predicted octanol–water partition coefficient (Wildman–Crippen LogP) is 3.84. The van der Waals surface area contributed by atoms with E-state index < -0.39 is 0 Å². The largest absolute Gasteiger partial charge is 0.197 e. The van der Waals surface area contributed by atoms with Crippen molar-refractivity contribution in [3.05, 3.63) is 23.8 Å². The monoisotopic (exact) mass is 177 g/mol. The van der Waals surface area contributed by atoms with Gasteiger partial charge in [-0.1, -0.05) is 30.7 Å². The second kappa shape index (κ2) is 5.59. The van der Waals surface area contributed by atoms with Crippen molar-refractivity contribution in [2.24, 2.45) is 5.41 Å². The molecule has 0 aliphatic rings. The van der Waals surface area contributed by atoms with Gasteiger partial charge in [-0.2, -0.15) is 5.26 Å². The summed E-state index contributed by atoms with van der Waals surface area (Å²) in [4.78, 5) is 0. The summed E-state index contributed by atoms with van der Waals surface area (Å²) in [6.07, 6.45) is 7.98. The van der Waals surface area contributed by atoms with Crippen molar-refractivity contribution in [1.29, 1.82) is 5.26 Å². The normalized spacial score (nSPS) is 15.0. The zero-order valence-corrected chi connectivity index (χ0v) is 9.09. The fraction of sp³-hybridized carbons (Fsp3) is 0.583. The van der Waals surface area contributed by atoms with Crippen molar-refractivity contribution >= 4 is 0 Å². The first-order valence-corrected chi connectivity index (χ1v) is 4.76. The van der Waals surface area contributed by atoms with Gasteiger partial charge in [0.15, 0.2) is 0 Å². The lowest BCUT2D eigenvalue weighted by Crippen LogP contribution is -2.08. The molecule has 0 rings (SSSR count). The summed E-state index contributed by atoms with van der Waals surface area (Å²) < 4.78 is 0. The molecule has 13 heavy (non-hydrogen) atoms. The van der Waals surface area contributed by atoms with Gasteiger partial charge >= 0.3 is 0 Å². The highest BCUT2D eigenvalue weighted by atomic mass is 14.3. The van der Waals surface area contributed by atoms with Crippen LogP contribution in [0.15, 0.2) is 23.8 Å². The van der Waals surface area contributed by atoms with Crippen LogP contribution in [0, 0.1) is 16.7 Å². The first kappa shape index (κ1) is 12.0. The highest BCUT2D eigenvalue weighted by molar-refractivity contribution is 5.14. The summed E-state index contributed by atoms with van der Waals surface area (Å²) in [6.45, 7) is 8.16. The summed E-state index contributed by atoms with van der Waals surface area (Å²) >= 11 is 0. The highest BCUT2D eigenvalue weighted by Crippen LogP contribution is 2.23. The molecule has 0 amide bonds. The standard InChI is InChI=1S/C12H19N/c1-5-6-8-12(4,10-13)9-7-11(2)3/h6-8H,5,9H2,1-4H3/b8-6+. The third kappa shape index (κ3) is 5.25. The minimum absolute atomic E-state index is 0.326. The number of hydrogen-bond acceptors (Lipinski definition) is 1. The van der Waals surface area contributed by atoms with E-state index in [1.807, 2.05) is 13.0 Å². The van der Waals surface area contributed by atoms with Crippen molar-refractivity contribution in [3.8, 4) is 6.07 Å². The molecule has 1 heteroatoms. The zero-order valence-electron chi connectivity index (χ0n) is 9.09. The van der Waals surface area contributed by atoms with Crippen molar-refractivity contribution in [1.82, 2.24) is 0 Å². The number of hydrogen-bond donors (Lipinski definition) is 0. The van der Waals surface area contributed by atoms with Crippen LogP contribution in [0.4, 0.5) is 0 Å². The van der Waals surface area contributed by atoms with E-state index in [0.717, 1.165) is 12.8 Å². The summed E-state index contributed by atoms with van der Waals surface area (Å²) in [5.74, 6) is 0. The van der Waals surface area contributed by atoms with Crippen LogP contribution >= 0.6 is 0 Å². The molecule has 0 aromatic carbocycles. The molecule has 0 saturated carbocycles. The zero-order chi connectivity index (χ0) is 10.3. The van der Waals surface area contributed by atoms with Crippen LogP contribution in [-0.2, 0) is 0 Å². The van der Waals surface area contributed by atoms with E-state index in [4.69, 9.17) is 5.26 Å². The van der Waals surface area contributed by atoms with Crippen molar-refractivity contribution in [2.45, 2.75) is 40.5 Å².